The zero-order valence-electron chi connectivity index (χ0n) is 3.95. The Morgan fingerprint density at radius 1 is 1.12 bits per heavy atom. The van der Waals surface area contributed by atoms with Crippen LogP contribution in [0.15, 0.2) is 0 Å². The van der Waals surface area contributed by atoms with Crippen LogP contribution in [0.2, 0.25) is 0 Å². The summed E-state index contributed by atoms with van der Waals surface area (Å²) >= 11 is 21.4. The highest BCUT2D eigenvalue weighted by molar-refractivity contribution is 6.44. The molecule has 0 bridgehead atoms. The molecular formula is C3H5Cl4N. The van der Waals surface area contributed by atoms with E-state index in [0.29, 0.717) is 0 Å². The average Bonchev–Trinajstić information content (AvgIpc) is 1.69. The maximum atomic E-state index is 5.37. The van der Waals surface area contributed by atoms with Gasteiger partial charge < -0.3 is 0 Å². The fraction of sp³-hybridized carbons (Fsp3) is 1.00. The van der Waals surface area contributed by atoms with E-state index in [-0.39, 0.29) is 12.0 Å². The molecule has 0 rings (SSSR count). The molecule has 0 aromatic rings. The van der Waals surface area contributed by atoms with E-state index in [2.05, 4.69) is 0 Å². The van der Waals surface area contributed by atoms with Gasteiger partial charge in [0, 0.05) is 0 Å². The largest absolute Gasteiger partial charge is 0.247 e. The number of nitrogens with zero attached hydrogens (tertiary/aromatic N) is 1. The van der Waals surface area contributed by atoms with Crippen molar-refractivity contribution in [3.63, 3.8) is 0 Å². The summed E-state index contributed by atoms with van der Waals surface area (Å²) in [5.74, 6) is 0. The second-order valence-electron chi connectivity index (χ2n) is 1.11. The van der Waals surface area contributed by atoms with Crippen molar-refractivity contribution >= 4 is 46.4 Å². The minimum atomic E-state index is -0.606. The van der Waals surface area contributed by atoms with Crippen LogP contribution < -0.4 is 0 Å². The van der Waals surface area contributed by atoms with Gasteiger partial charge >= 0.3 is 0 Å². The molecule has 0 aliphatic heterocycles. The summed E-state index contributed by atoms with van der Waals surface area (Å²) in [4.78, 5) is 0.872. The highest BCUT2D eigenvalue weighted by atomic mass is 35.5. The molecule has 8 heavy (non-hydrogen) atoms. The van der Waals surface area contributed by atoms with Gasteiger partial charge in [0.2, 0.25) is 0 Å². The quantitative estimate of drug-likeness (QED) is 0.496. The van der Waals surface area contributed by atoms with Crippen LogP contribution in [-0.2, 0) is 0 Å². The molecule has 0 aliphatic carbocycles. The van der Waals surface area contributed by atoms with E-state index in [1.807, 2.05) is 0 Å². The zero-order valence-corrected chi connectivity index (χ0v) is 6.97. The van der Waals surface area contributed by atoms with Crippen molar-refractivity contribution < 1.29 is 0 Å². The minimum absolute atomic E-state index is 0.251. The molecule has 0 aromatic carbocycles. The Labute approximate surface area is 68.4 Å². The molecule has 0 N–H and O–H groups in total. The van der Waals surface area contributed by atoms with Crippen molar-refractivity contribution in [1.29, 1.82) is 0 Å². The molecule has 5 heteroatoms. The van der Waals surface area contributed by atoms with E-state index in [1.165, 1.54) is 4.90 Å². The summed E-state index contributed by atoms with van der Waals surface area (Å²) < 4.78 is 0. The summed E-state index contributed by atoms with van der Waals surface area (Å²) in [5, 5.41) is 0. The van der Waals surface area contributed by atoms with Gasteiger partial charge in [-0.2, -0.15) is 0 Å². The first-order chi connectivity index (χ1) is 3.72. The van der Waals surface area contributed by atoms with Crippen molar-refractivity contribution in [2.24, 2.45) is 0 Å². The lowest BCUT2D eigenvalue weighted by molar-refractivity contribution is 0.406. The molecule has 0 fully saturated rings. The molecule has 0 aliphatic rings. The molecular weight excluding hydrogens is 192 g/mol. The van der Waals surface area contributed by atoms with Gasteiger partial charge in [0.15, 0.2) is 4.96 Å². The van der Waals surface area contributed by atoms with Gasteiger partial charge in [-0.15, -0.1) is 23.2 Å². The Morgan fingerprint density at radius 2 is 1.50 bits per heavy atom. The molecule has 0 heterocycles. The standard InChI is InChI=1S/C3H5Cl4N/c4-1-8(2-5)3(6)7/h3H,1-2H2. The molecule has 0 radical (unpaired) electrons. The van der Waals surface area contributed by atoms with Crippen LogP contribution in [0.1, 0.15) is 0 Å². The normalized spacial score (nSPS) is 11.2. The predicted octanol–water partition coefficient (Wildman–Crippen LogP) is 2.44. The highest BCUT2D eigenvalue weighted by Gasteiger charge is 2.08. The van der Waals surface area contributed by atoms with E-state index in [9.17, 15) is 0 Å². The van der Waals surface area contributed by atoms with Crippen molar-refractivity contribution in [3.05, 3.63) is 0 Å². The monoisotopic (exact) mass is 195 g/mol. The summed E-state index contributed by atoms with van der Waals surface area (Å²) in [6.07, 6.45) is 0. The van der Waals surface area contributed by atoms with Gasteiger partial charge in [-0.05, 0) is 0 Å². The molecule has 50 valence electrons. The Balaban J connectivity index is 3.35. The summed E-state index contributed by atoms with van der Waals surface area (Å²) in [7, 11) is 0. The predicted molar refractivity (Wildman–Crippen MR) is 38.8 cm³/mol. The van der Waals surface area contributed by atoms with E-state index in [0.717, 1.165) is 0 Å². The molecule has 0 spiro atoms. The topological polar surface area (TPSA) is 3.24 Å². The fourth-order valence-electron chi connectivity index (χ4n) is 0.136. The van der Waals surface area contributed by atoms with Crippen LogP contribution in [0.4, 0.5) is 0 Å². The third kappa shape index (κ3) is 3.21. The summed E-state index contributed by atoms with van der Waals surface area (Å²) in [6.45, 7) is 0. The van der Waals surface area contributed by atoms with Crippen LogP contribution in [0.3, 0.4) is 0 Å². The van der Waals surface area contributed by atoms with Gasteiger partial charge in [-0.3, -0.25) is 0 Å². The van der Waals surface area contributed by atoms with Crippen molar-refractivity contribution in [1.82, 2.24) is 4.90 Å². The lowest BCUT2D eigenvalue weighted by atomic mass is 11.0. The Bertz CT molecular complexity index is 53.2. The maximum absolute atomic E-state index is 5.37. The number of alkyl halides is 4. The van der Waals surface area contributed by atoms with E-state index >= 15 is 0 Å². The third-order valence-corrected chi connectivity index (χ3v) is 1.75. The SMILES string of the molecule is ClCN(CCl)C(Cl)Cl. The van der Waals surface area contributed by atoms with Crippen molar-refractivity contribution in [3.8, 4) is 0 Å². The molecule has 0 saturated heterocycles. The van der Waals surface area contributed by atoms with Gasteiger partial charge in [-0.25, -0.2) is 4.90 Å². The fourth-order valence-corrected chi connectivity index (χ4v) is 1.23. The molecule has 0 unspecified atom stereocenters. The number of hydrogen-bond acceptors (Lipinski definition) is 1. The third-order valence-electron chi connectivity index (χ3n) is 0.583. The van der Waals surface area contributed by atoms with Crippen LogP contribution in [0, 0.1) is 0 Å². The second kappa shape index (κ2) is 4.95. The Hall–Kier alpha value is 1.12. The lowest BCUT2D eigenvalue weighted by Gasteiger charge is -2.15. The Morgan fingerprint density at radius 3 is 1.50 bits per heavy atom. The summed E-state index contributed by atoms with van der Waals surface area (Å²) in [5.41, 5.74) is 0. The second-order valence-corrected chi connectivity index (χ2v) is 2.63. The van der Waals surface area contributed by atoms with E-state index in [4.69, 9.17) is 46.4 Å². The molecule has 1 nitrogen and oxygen atoms in total. The van der Waals surface area contributed by atoms with Crippen molar-refractivity contribution in [2.75, 3.05) is 12.0 Å². The maximum Gasteiger partial charge on any atom is 0.162 e. The number of rotatable bonds is 3. The first-order valence-corrected chi connectivity index (χ1v) is 3.80. The zero-order chi connectivity index (χ0) is 6.57. The van der Waals surface area contributed by atoms with E-state index in [1.54, 1.807) is 0 Å². The van der Waals surface area contributed by atoms with Gasteiger partial charge in [-0.1, -0.05) is 23.2 Å². The highest BCUT2D eigenvalue weighted by Crippen LogP contribution is 2.10. The van der Waals surface area contributed by atoms with E-state index < -0.39 is 4.96 Å². The lowest BCUT2D eigenvalue weighted by Crippen LogP contribution is -2.24. The molecule has 0 aromatic heterocycles. The van der Waals surface area contributed by atoms with Gasteiger partial charge in [0.25, 0.3) is 0 Å². The van der Waals surface area contributed by atoms with Crippen molar-refractivity contribution in [2.45, 2.75) is 4.96 Å². The number of hydrogen-bond donors (Lipinski definition) is 0. The smallest absolute Gasteiger partial charge is 0.162 e. The number of halogens is 4. The summed E-state index contributed by atoms with van der Waals surface area (Å²) in [6, 6.07) is 0.502. The van der Waals surface area contributed by atoms with Crippen LogP contribution in [0.25, 0.3) is 0 Å². The van der Waals surface area contributed by atoms with Crippen LogP contribution in [-0.4, -0.2) is 21.9 Å². The molecule has 0 amide bonds. The molecule has 0 saturated carbocycles. The van der Waals surface area contributed by atoms with Crippen LogP contribution in [0.5, 0.6) is 0 Å². The Kier molecular flexibility index (Phi) is 5.64. The molecule has 0 atom stereocenters. The van der Waals surface area contributed by atoms with Gasteiger partial charge in [0.05, 0.1) is 12.0 Å². The van der Waals surface area contributed by atoms with Gasteiger partial charge in [0.1, 0.15) is 0 Å². The first kappa shape index (κ1) is 9.12. The average molecular weight is 197 g/mol. The van der Waals surface area contributed by atoms with Crippen LogP contribution >= 0.6 is 46.4 Å². The minimum Gasteiger partial charge on any atom is -0.247 e. The first-order valence-electron chi connectivity index (χ1n) is 1.86.